The predicted octanol–water partition coefficient (Wildman–Crippen LogP) is 1.62. The molecule has 1 aliphatic heterocycles. The van der Waals surface area contributed by atoms with Gasteiger partial charge in [0.25, 0.3) is 0 Å². The molecule has 4 nitrogen and oxygen atoms in total. The van der Waals surface area contributed by atoms with Crippen molar-refractivity contribution in [1.82, 2.24) is 9.84 Å². The molecular formula is C10H11N3OS. The van der Waals surface area contributed by atoms with Gasteiger partial charge in [0.1, 0.15) is 0 Å². The van der Waals surface area contributed by atoms with Gasteiger partial charge in [-0.1, -0.05) is 30.3 Å². The summed E-state index contributed by atoms with van der Waals surface area (Å²) in [5.74, 6) is 0. The van der Waals surface area contributed by atoms with Crippen LogP contribution in [0.25, 0.3) is 0 Å². The summed E-state index contributed by atoms with van der Waals surface area (Å²) < 4.78 is 1.30. The summed E-state index contributed by atoms with van der Waals surface area (Å²) in [5, 5.41) is 0. The Morgan fingerprint density at radius 2 is 2.13 bits per heavy atom. The Morgan fingerprint density at radius 1 is 1.40 bits per heavy atom. The van der Waals surface area contributed by atoms with E-state index in [2.05, 4.69) is 5.43 Å². The highest BCUT2D eigenvalue weighted by Gasteiger charge is 2.18. The van der Waals surface area contributed by atoms with Gasteiger partial charge in [-0.25, -0.2) is 4.79 Å². The second-order valence-corrected chi connectivity index (χ2v) is 4.20. The van der Waals surface area contributed by atoms with E-state index in [0.717, 1.165) is 11.3 Å². The number of allylic oxidation sites excluding steroid dienone is 1. The molecular weight excluding hydrogens is 210 g/mol. The van der Waals surface area contributed by atoms with Crippen LogP contribution in [0, 0.1) is 0 Å². The first-order chi connectivity index (χ1) is 7.25. The molecule has 1 heterocycles. The second-order valence-electron chi connectivity index (χ2n) is 3.13. The number of nitrogens with one attached hydrogen (secondary N) is 1. The quantitative estimate of drug-likeness (QED) is 0.746. The van der Waals surface area contributed by atoms with Crippen LogP contribution >= 0.6 is 11.9 Å². The molecule has 0 unspecified atom stereocenters. The second kappa shape index (κ2) is 4.27. The van der Waals surface area contributed by atoms with Gasteiger partial charge in [0.05, 0.1) is 0 Å². The van der Waals surface area contributed by atoms with Crippen molar-refractivity contribution < 1.29 is 4.79 Å². The molecule has 0 fully saturated rings. The van der Waals surface area contributed by atoms with E-state index in [9.17, 15) is 4.79 Å². The van der Waals surface area contributed by atoms with Crippen LogP contribution in [0.2, 0.25) is 0 Å². The third-order valence-electron chi connectivity index (χ3n) is 1.97. The van der Waals surface area contributed by atoms with Crippen molar-refractivity contribution in [3.63, 3.8) is 0 Å². The van der Waals surface area contributed by atoms with E-state index in [1.54, 1.807) is 6.20 Å². The molecule has 2 rings (SSSR count). The number of primary amides is 1. The third-order valence-corrected chi connectivity index (χ3v) is 2.94. The zero-order valence-electron chi connectivity index (χ0n) is 8.01. The Hall–Kier alpha value is -1.62. The number of urea groups is 1. The molecule has 2 amide bonds. The third kappa shape index (κ3) is 2.44. The summed E-state index contributed by atoms with van der Waals surface area (Å²) >= 11 is 1.32. The van der Waals surface area contributed by atoms with E-state index in [0.29, 0.717) is 0 Å². The zero-order chi connectivity index (χ0) is 10.7. The molecule has 0 aliphatic carbocycles. The lowest BCUT2D eigenvalue weighted by Gasteiger charge is -2.10. The van der Waals surface area contributed by atoms with Crippen molar-refractivity contribution in [3.8, 4) is 0 Å². The van der Waals surface area contributed by atoms with Crippen LogP contribution < -0.4 is 11.2 Å². The first kappa shape index (κ1) is 9.92. The lowest BCUT2D eigenvalue weighted by Crippen LogP contribution is -2.35. The van der Waals surface area contributed by atoms with E-state index in [-0.39, 0.29) is 0 Å². The van der Waals surface area contributed by atoms with Gasteiger partial charge in [0.15, 0.2) is 0 Å². The van der Waals surface area contributed by atoms with Gasteiger partial charge in [-0.15, -0.1) is 0 Å². The highest BCUT2D eigenvalue weighted by Crippen LogP contribution is 2.26. The standard InChI is InChI=1S/C10H11N3OS/c11-10(14)13-12-7-9(15-13)6-8-4-2-1-3-5-8/h1-5,7,12H,6H2,(H2,11,14). The van der Waals surface area contributed by atoms with Crippen molar-refractivity contribution in [2.24, 2.45) is 5.73 Å². The number of rotatable bonds is 2. The average Bonchev–Trinajstić information content (AvgIpc) is 2.68. The molecule has 0 saturated carbocycles. The largest absolute Gasteiger partial charge is 0.349 e. The van der Waals surface area contributed by atoms with Crippen molar-refractivity contribution in [2.45, 2.75) is 6.42 Å². The number of benzene rings is 1. The first-order valence-corrected chi connectivity index (χ1v) is 5.30. The monoisotopic (exact) mass is 221 g/mol. The van der Waals surface area contributed by atoms with Crippen LogP contribution in [0.3, 0.4) is 0 Å². The van der Waals surface area contributed by atoms with Crippen LogP contribution in [0.15, 0.2) is 41.4 Å². The highest BCUT2D eigenvalue weighted by atomic mass is 32.2. The molecule has 0 saturated heterocycles. The maximum absolute atomic E-state index is 10.8. The lowest BCUT2D eigenvalue weighted by molar-refractivity contribution is 0.230. The number of hydrazine groups is 1. The zero-order valence-corrected chi connectivity index (χ0v) is 8.83. The van der Waals surface area contributed by atoms with Crippen LogP contribution in [-0.4, -0.2) is 10.4 Å². The van der Waals surface area contributed by atoms with Crippen molar-refractivity contribution >= 4 is 18.0 Å². The summed E-state index contributed by atoms with van der Waals surface area (Å²) in [6.07, 6.45) is 2.60. The van der Waals surface area contributed by atoms with Crippen LogP contribution in [0.1, 0.15) is 5.56 Å². The van der Waals surface area contributed by atoms with Gasteiger partial charge in [0, 0.05) is 29.5 Å². The minimum Gasteiger partial charge on any atom is -0.349 e. The molecule has 5 heteroatoms. The number of carbonyl (C=O) groups is 1. The van der Waals surface area contributed by atoms with Crippen LogP contribution in [0.5, 0.6) is 0 Å². The Bertz CT molecular complexity index is 391. The van der Waals surface area contributed by atoms with E-state index >= 15 is 0 Å². The van der Waals surface area contributed by atoms with Gasteiger partial charge < -0.3 is 5.73 Å². The Kier molecular flexibility index (Phi) is 2.82. The van der Waals surface area contributed by atoms with E-state index in [1.807, 2.05) is 30.3 Å². The molecule has 0 bridgehead atoms. The molecule has 0 spiro atoms. The first-order valence-electron chi connectivity index (χ1n) is 4.52. The number of amides is 2. The Balaban J connectivity index is 1.96. The summed E-state index contributed by atoms with van der Waals surface area (Å²) in [4.78, 5) is 11.9. The smallest absolute Gasteiger partial charge is 0.344 e. The fraction of sp³-hybridized carbons (Fsp3) is 0.100. The van der Waals surface area contributed by atoms with Gasteiger partial charge in [-0.05, 0) is 5.56 Å². The normalized spacial score (nSPS) is 14.7. The Labute approximate surface area is 92.2 Å². The van der Waals surface area contributed by atoms with E-state index < -0.39 is 6.03 Å². The fourth-order valence-corrected chi connectivity index (χ4v) is 2.06. The molecule has 78 valence electrons. The molecule has 15 heavy (non-hydrogen) atoms. The molecule has 1 aromatic carbocycles. The van der Waals surface area contributed by atoms with E-state index in [1.165, 1.54) is 21.9 Å². The molecule has 0 atom stereocenters. The minimum absolute atomic E-state index is 0.487. The number of nitrogens with two attached hydrogens (primary N) is 1. The number of hydrogen-bond acceptors (Lipinski definition) is 3. The molecule has 0 aromatic heterocycles. The summed E-state index contributed by atoms with van der Waals surface area (Å²) in [6.45, 7) is 0. The van der Waals surface area contributed by atoms with Crippen LogP contribution in [0.4, 0.5) is 4.79 Å². The maximum Gasteiger partial charge on any atom is 0.344 e. The van der Waals surface area contributed by atoms with Crippen LogP contribution in [-0.2, 0) is 6.42 Å². The SMILES string of the molecule is NC(=O)N1NC=C(Cc2ccccc2)S1. The molecule has 0 radical (unpaired) electrons. The molecule has 1 aliphatic rings. The van der Waals surface area contributed by atoms with Crippen molar-refractivity contribution in [2.75, 3.05) is 0 Å². The topological polar surface area (TPSA) is 58.4 Å². The minimum atomic E-state index is -0.487. The van der Waals surface area contributed by atoms with Crippen molar-refractivity contribution in [1.29, 1.82) is 0 Å². The summed E-state index contributed by atoms with van der Waals surface area (Å²) in [6, 6.07) is 9.58. The summed E-state index contributed by atoms with van der Waals surface area (Å²) in [7, 11) is 0. The number of nitrogens with zero attached hydrogens (tertiary/aromatic N) is 1. The predicted molar refractivity (Wildman–Crippen MR) is 60.4 cm³/mol. The van der Waals surface area contributed by atoms with Gasteiger partial charge >= 0.3 is 6.03 Å². The van der Waals surface area contributed by atoms with Gasteiger partial charge in [-0.3, -0.25) is 5.43 Å². The number of hydrogen-bond donors (Lipinski definition) is 2. The molecule has 3 N–H and O–H groups in total. The highest BCUT2D eigenvalue weighted by molar-refractivity contribution is 8.01. The van der Waals surface area contributed by atoms with Gasteiger partial charge in [-0.2, -0.15) is 4.41 Å². The fourth-order valence-electron chi connectivity index (χ4n) is 1.29. The number of carbonyl (C=O) groups excluding carboxylic acids is 1. The Morgan fingerprint density at radius 3 is 2.73 bits per heavy atom. The van der Waals surface area contributed by atoms with E-state index in [4.69, 9.17) is 5.73 Å². The average molecular weight is 221 g/mol. The summed E-state index contributed by atoms with van der Waals surface area (Å²) in [5.41, 5.74) is 9.12. The van der Waals surface area contributed by atoms with Gasteiger partial charge in [0.2, 0.25) is 0 Å². The maximum atomic E-state index is 10.8. The lowest BCUT2D eigenvalue weighted by atomic mass is 10.1. The molecule has 1 aromatic rings. The van der Waals surface area contributed by atoms with Crippen molar-refractivity contribution in [3.05, 3.63) is 47.0 Å².